The van der Waals surface area contributed by atoms with E-state index in [-0.39, 0.29) is 11.8 Å². The van der Waals surface area contributed by atoms with Gasteiger partial charge in [-0.1, -0.05) is 36.8 Å². The number of hydrogen-bond donors (Lipinski definition) is 0. The molecule has 0 spiro atoms. The Morgan fingerprint density at radius 1 is 1.00 bits per heavy atom. The van der Waals surface area contributed by atoms with Gasteiger partial charge in [-0.15, -0.1) is 0 Å². The number of hydrogen-bond acceptors (Lipinski definition) is 4. The van der Waals surface area contributed by atoms with Crippen molar-refractivity contribution in [3.05, 3.63) is 35.9 Å². The molecule has 0 aromatic heterocycles. The lowest BCUT2D eigenvalue weighted by molar-refractivity contribution is 0.0203. The Kier molecular flexibility index (Phi) is 5.59. The number of rotatable bonds is 5. The first-order chi connectivity index (χ1) is 10.8. The van der Waals surface area contributed by atoms with Crippen LogP contribution in [0.2, 0.25) is 0 Å². The topological polar surface area (TPSA) is 32.8 Å². The first-order valence-electron chi connectivity index (χ1n) is 8.48. The molecule has 3 rings (SSSR count). The van der Waals surface area contributed by atoms with E-state index in [1.165, 1.54) is 19.3 Å². The van der Waals surface area contributed by atoms with Gasteiger partial charge >= 0.3 is 0 Å². The van der Waals surface area contributed by atoms with Crippen LogP contribution in [-0.4, -0.2) is 67.6 Å². The van der Waals surface area contributed by atoms with Crippen LogP contribution in [0.25, 0.3) is 0 Å². The van der Waals surface area contributed by atoms with Gasteiger partial charge in [0, 0.05) is 25.2 Å². The third kappa shape index (κ3) is 3.94. The van der Waals surface area contributed by atoms with Crippen molar-refractivity contribution in [2.24, 2.45) is 0 Å². The monoisotopic (exact) mass is 302 g/mol. The highest BCUT2D eigenvalue weighted by Gasteiger charge is 2.30. The van der Waals surface area contributed by atoms with Gasteiger partial charge in [-0.3, -0.25) is 14.6 Å². The van der Waals surface area contributed by atoms with Crippen molar-refractivity contribution in [1.82, 2.24) is 9.80 Å². The first kappa shape index (κ1) is 15.7. The summed E-state index contributed by atoms with van der Waals surface area (Å²) in [6.07, 6.45) is 3.71. The zero-order valence-corrected chi connectivity index (χ0v) is 13.2. The molecule has 2 aliphatic heterocycles. The van der Waals surface area contributed by atoms with Crippen LogP contribution < -0.4 is 0 Å². The molecule has 0 radical (unpaired) electrons. The molecule has 2 aliphatic rings. The Morgan fingerprint density at radius 2 is 1.68 bits per heavy atom. The van der Waals surface area contributed by atoms with Crippen LogP contribution in [0.15, 0.2) is 30.3 Å². The van der Waals surface area contributed by atoms with Gasteiger partial charge in [0.05, 0.1) is 19.3 Å². The van der Waals surface area contributed by atoms with Crippen LogP contribution in [0, 0.1) is 0 Å². The van der Waals surface area contributed by atoms with E-state index in [4.69, 9.17) is 4.74 Å². The van der Waals surface area contributed by atoms with Gasteiger partial charge < -0.3 is 4.74 Å². The molecule has 0 saturated carbocycles. The average Bonchev–Trinajstić information content (AvgIpc) is 2.61. The maximum absolute atomic E-state index is 13.0. The molecule has 0 bridgehead atoms. The molecule has 1 aromatic rings. The standard InChI is InChI=1S/C18H26N2O2/c21-18(16-7-3-1-4-8-16)17(20-9-5-2-6-10-20)15-19-11-13-22-14-12-19/h1,3-4,7-8,17H,2,5-6,9-15H2. The van der Waals surface area contributed by atoms with Crippen molar-refractivity contribution in [2.75, 3.05) is 45.9 Å². The van der Waals surface area contributed by atoms with E-state index in [0.29, 0.717) is 0 Å². The second-order valence-corrected chi connectivity index (χ2v) is 6.26. The Hall–Kier alpha value is -1.23. The molecular formula is C18H26N2O2. The second kappa shape index (κ2) is 7.86. The summed E-state index contributed by atoms with van der Waals surface area (Å²) in [6.45, 7) is 6.37. The predicted molar refractivity (Wildman–Crippen MR) is 87.2 cm³/mol. The molecule has 4 nitrogen and oxygen atoms in total. The molecule has 1 aromatic carbocycles. The second-order valence-electron chi connectivity index (χ2n) is 6.26. The number of morpholine rings is 1. The molecule has 2 fully saturated rings. The summed E-state index contributed by atoms with van der Waals surface area (Å²) < 4.78 is 5.43. The number of carbonyl (C=O) groups excluding carboxylic acids is 1. The van der Waals surface area contributed by atoms with E-state index >= 15 is 0 Å². The summed E-state index contributed by atoms with van der Waals surface area (Å²) in [7, 11) is 0. The highest BCUT2D eigenvalue weighted by Crippen LogP contribution is 2.17. The minimum atomic E-state index is -0.0131. The van der Waals surface area contributed by atoms with E-state index in [1.54, 1.807) is 0 Å². The number of Topliss-reactive ketones (excluding diaryl/α,β-unsaturated/α-hetero) is 1. The summed E-state index contributed by atoms with van der Waals surface area (Å²) in [5.74, 6) is 0.272. The normalized spacial score (nSPS) is 22.4. The highest BCUT2D eigenvalue weighted by atomic mass is 16.5. The third-order valence-electron chi connectivity index (χ3n) is 4.73. The molecule has 22 heavy (non-hydrogen) atoms. The minimum absolute atomic E-state index is 0.0131. The quantitative estimate of drug-likeness (QED) is 0.780. The van der Waals surface area contributed by atoms with Crippen LogP contribution >= 0.6 is 0 Å². The van der Waals surface area contributed by atoms with E-state index in [2.05, 4.69) is 9.80 Å². The summed E-state index contributed by atoms with van der Waals surface area (Å²) in [4.78, 5) is 17.8. The fourth-order valence-corrected chi connectivity index (χ4v) is 3.42. The van der Waals surface area contributed by atoms with Gasteiger partial charge in [-0.05, 0) is 25.9 Å². The molecule has 2 saturated heterocycles. The van der Waals surface area contributed by atoms with Crippen molar-refractivity contribution in [3.63, 3.8) is 0 Å². The summed E-state index contributed by atoms with van der Waals surface area (Å²) >= 11 is 0. The maximum Gasteiger partial charge on any atom is 0.181 e. The van der Waals surface area contributed by atoms with E-state index < -0.39 is 0 Å². The van der Waals surface area contributed by atoms with Crippen LogP contribution in [0.4, 0.5) is 0 Å². The van der Waals surface area contributed by atoms with Crippen molar-refractivity contribution in [2.45, 2.75) is 25.3 Å². The number of benzene rings is 1. The van der Waals surface area contributed by atoms with Gasteiger partial charge in [-0.2, -0.15) is 0 Å². The molecule has 2 heterocycles. The van der Waals surface area contributed by atoms with Crippen molar-refractivity contribution in [1.29, 1.82) is 0 Å². The average molecular weight is 302 g/mol. The Bertz CT molecular complexity index is 465. The maximum atomic E-state index is 13.0. The van der Waals surface area contributed by atoms with E-state index in [9.17, 15) is 4.79 Å². The minimum Gasteiger partial charge on any atom is -0.379 e. The SMILES string of the molecule is O=C(c1ccccc1)C(CN1CCOCC1)N1CCCCC1. The van der Waals surface area contributed by atoms with Crippen molar-refractivity contribution >= 4 is 5.78 Å². The molecular weight excluding hydrogens is 276 g/mol. The highest BCUT2D eigenvalue weighted by molar-refractivity contribution is 6.00. The van der Waals surface area contributed by atoms with Gasteiger partial charge in [0.1, 0.15) is 0 Å². The van der Waals surface area contributed by atoms with E-state index in [1.807, 2.05) is 30.3 Å². The van der Waals surface area contributed by atoms with Gasteiger partial charge in [0.2, 0.25) is 0 Å². The molecule has 120 valence electrons. The van der Waals surface area contributed by atoms with Gasteiger partial charge in [0.15, 0.2) is 5.78 Å². The van der Waals surface area contributed by atoms with E-state index in [0.717, 1.165) is 51.5 Å². The lowest BCUT2D eigenvalue weighted by Crippen LogP contribution is -2.52. The first-order valence-corrected chi connectivity index (χ1v) is 8.48. The zero-order chi connectivity index (χ0) is 15.2. The van der Waals surface area contributed by atoms with Gasteiger partial charge in [-0.25, -0.2) is 0 Å². The number of likely N-dealkylation sites (tertiary alicyclic amines) is 1. The number of ketones is 1. The molecule has 1 unspecified atom stereocenters. The fourth-order valence-electron chi connectivity index (χ4n) is 3.42. The zero-order valence-electron chi connectivity index (χ0n) is 13.2. The van der Waals surface area contributed by atoms with Crippen LogP contribution in [-0.2, 0) is 4.74 Å². The molecule has 4 heteroatoms. The van der Waals surface area contributed by atoms with Crippen LogP contribution in [0.3, 0.4) is 0 Å². The third-order valence-corrected chi connectivity index (χ3v) is 4.73. The lowest BCUT2D eigenvalue weighted by atomic mass is 9.99. The number of ether oxygens (including phenoxy) is 1. The Morgan fingerprint density at radius 3 is 2.36 bits per heavy atom. The van der Waals surface area contributed by atoms with Crippen molar-refractivity contribution < 1.29 is 9.53 Å². The molecule has 0 N–H and O–H groups in total. The summed E-state index contributed by atoms with van der Waals surface area (Å²) in [5, 5.41) is 0. The number of piperidine rings is 1. The number of nitrogens with zero attached hydrogens (tertiary/aromatic N) is 2. The smallest absolute Gasteiger partial charge is 0.181 e. The fraction of sp³-hybridized carbons (Fsp3) is 0.611. The Balaban J connectivity index is 1.73. The summed E-state index contributed by atoms with van der Waals surface area (Å²) in [6, 6.07) is 9.75. The predicted octanol–water partition coefficient (Wildman–Crippen LogP) is 2.06. The Labute approximate surface area is 133 Å². The largest absolute Gasteiger partial charge is 0.379 e. The lowest BCUT2D eigenvalue weighted by Gasteiger charge is -2.37. The number of carbonyl (C=O) groups is 1. The van der Waals surface area contributed by atoms with Crippen LogP contribution in [0.5, 0.6) is 0 Å². The summed E-state index contributed by atoms with van der Waals surface area (Å²) in [5.41, 5.74) is 0.839. The molecule has 1 atom stereocenters. The van der Waals surface area contributed by atoms with Gasteiger partial charge in [0.25, 0.3) is 0 Å². The molecule has 0 amide bonds. The van der Waals surface area contributed by atoms with Crippen LogP contribution in [0.1, 0.15) is 29.6 Å². The van der Waals surface area contributed by atoms with Crippen molar-refractivity contribution in [3.8, 4) is 0 Å². The molecule has 0 aliphatic carbocycles.